The van der Waals surface area contributed by atoms with E-state index >= 15 is 0 Å². The number of allylic oxidation sites excluding steroid dienone is 1. The largest absolute Gasteiger partial charge is 0.459 e. The molecule has 0 amide bonds. The zero-order valence-electron chi connectivity index (χ0n) is 20.4. The molecule has 0 aromatic carbocycles. The predicted octanol–water partition coefficient (Wildman–Crippen LogP) is 5.27. The van der Waals surface area contributed by atoms with Gasteiger partial charge < -0.3 is 9.47 Å². The third-order valence-electron chi connectivity index (χ3n) is 9.09. The molecule has 32 heavy (non-hydrogen) atoms. The normalized spacial score (nSPS) is 38.8. The van der Waals surface area contributed by atoms with Crippen LogP contribution in [-0.4, -0.2) is 30.4 Å². The van der Waals surface area contributed by atoms with E-state index in [4.69, 9.17) is 9.47 Å². The second kappa shape index (κ2) is 8.61. The molecule has 0 spiro atoms. The zero-order valence-corrected chi connectivity index (χ0v) is 20.4. The Morgan fingerprint density at radius 1 is 1.12 bits per heavy atom. The molecule has 0 saturated heterocycles. The van der Waals surface area contributed by atoms with Gasteiger partial charge in [0.2, 0.25) is 0 Å². The maximum atomic E-state index is 12.7. The number of fused-ring (bicyclic) bond motifs is 5. The Morgan fingerprint density at radius 3 is 2.56 bits per heavy atom. The highest BCUT2D eigenvalue weighted by atomic mass is 16.6. The molecule has 178 valence electrons. The molecule has 0 heterocycles. The fourth-order valence-corrected chi connectivity index (χ4v) is 7.44. The zero-order chi connectivity index (χ0) is 23.3. The van der Waals surface area contributed by atoms with Gasteiger partial charge in [0, 0.05) is 11.8 Å². The molecule has 4 rings (SSSR count). The summed E-state index contributed by atoms with van der Waals surface area (Å²) < 4.78 is 11.3. The number of esters is 2. The van der Waals surface area contributed by atoms with Gasteiger partial charge >= 0.3 is 11.9 Å². The second-order valence-corrected chi connectivity index (χ2v) is 12.0. The molecule has 0 aromatic heterocycles. The number of carbonyl (C=O) groups is 3. The first kappa shape index (κ1) is 23.5. The first-order valence-corrected chi connectivity index (χ1v) is 12.6. The summed E-state index contributed by atoms with van der Waals surface area (Å²) in [5, 5.41) is 0. The molecule has 3 saturated carbocycles. The Morgan fingerprint density at radius 2 is 1.88 bits per heavy atom. The summed E-state index contributed by atoms with van der Waals surface area (Å²) in [4.78, 5) is 36.7. The van der Waals surface area contributed by atoms with Gasteiger partial charge in [-0.05, 0) is 101 Å². The van der Waals surface area contributed by atoms with Gasteiger partial charge in [-0.25, -0.2) is 4.79 Å². The van der Waals surface area contributed by atoms with E-state index in [1.165, 1.54) is 5.57 Å². The van der Waals surface area contributed by atoms with E-state index in [1.807, 2.05) is 6.08 Å². The summed E-state index contributed by atoms with van der Waals surface area (Å²) in [5.41, 5.74) is 0.754. The molecular weight excluding hydrogens is 404 g/mol. The van der Waals surface area contributed by atoms with Crippen LogP contribution in [0.4, 0.5) is 0 Å². The number of carbonyl (C=O) groups excluding carboxylic acids is 3. The van der Waals surface area contributed by atoms with E-state index in [0.29, 0.717) is 41.8 Å². The van der Waals surface area contributed by atoms with Crippen LogP contribution >= 0.6 is 0 Å². The molecule has 3 fully saturated rings. The third-order valence-corrected chi connectivity index (χ3v) is 9.09. The lowest BCUT2D eigenvalue weighted by Gasteiger charge is -2.53. The van der Waals surface area contributed by atoms with Crippen molar-refractivity contribution in [3.63, 3.8) is 0 Å². The molecule has 0 unspecified atom stereocenters. The van der Waals surface area contributed by atoms with E-state index in [-0.39, 0.29) is 24.1 Å². The van der Waals surface area contributed by atoms with Gasteiger partial charge in [-0.3, -0.25) is 9.59 Å². The van der Waals surface area contributed by atoms with Gasteiger partial charge in [0.25, 0.3) is 0 Å². The molecule has 0 N–H and O–H groups in total. The van der Waals surface area contributed by atoms with Crippen LogP contribution in [0.3, 0.4) is 0 Å². The molecule has 0 aromatic rings. The van der Waals surface area contributed by atoms with Gasteiger partial charge in [-0.1, -0.05) is 19.4 Å². The van der Waals surface area contributed by atoms with Gasteiger partial charge in [-0.2, -0.15) is 0 Å². The molecule has 0 radical (unpaired) electrons. The molecular formula is C27H40O5. The molecule has 4 aliphatic rings. The van der Waals surface area contributed by atoms with Crippen LogP contribution < -0.4 is 0 Å². The number of ketones is 1. The first-order chi connectivity index (χ1) is 15.0. The number of rotatable bonds is 4. The summed E-state index contributed by atoms with van der Waals surface area (Å²) in [6, 6.07) is 0. The van der Waals surface area contributed by atoms with E-state index in [1.54, 1.807) is 20.8 Å². The summed E-state index contributed by atoms with van der Waals surface area (Å²) >= 11 is 0. The SMILES string of the molecule is CC[C@H]1C[C@H]2[C@@H]3CCC4=CC(=O)CC[C@@H]4[C@H]3CC[C@]2(C)[C@H]1OC(=O)COC(=O)C(C)(C)C. The topological polar surface area (TPSA) is 69.7 Å². The number of hydrogen-bond donors (Lipinski definition) is 0. The van der Waals surface area contributed by atoms with Crippen LogP contribution in [0.1, 0.15) is 86.0 Å². The third kappa shape index (κ3) is 4.17. The van der Waals surface area contributed by atoms with Crippen molar-refractivity contribution >= 4 is 17.7 Å². The Hall–Kier alpha value is -1.65. The second-order valence-electron chi connectivity index (χ2n) is 12.0. The summed E-state index contributed by atoms with van der Waals surface area (Å²) in [6.45, 7) is 9.56. The summed E-state index contributed by atoms with van der Waals surface area (Å²) in [7, 11) is 0. The summed E-state index contributed by atoms with van der Waals surface area (Å²) in [5.74, 6) is 2.32. The van der Waals surface area contributed by atoms with Crippen molar-refractivity contribution in [1.82, 2.24) is 0 Å². The monoisotopic (exact) mass is 444 g/mol. The van der Waals surface area contributed by atoms with E-state index in [9.17, 15) is 14.4 Å². The lowest BCUT2D eigenvalue weighted by molar-refractivity contribution is -0.174. The highest BCUT2D eigenvalue weighted by Gasteiger charge is 2.60. The number of ether oxygens (including phenoxy) is 2. The molecule has 0 bridgehead atoms. The minimum absolute atomic E-state index is 0.0166. The maximum Gasteiger partial charge on any atom is 0.344 e. The lowest BCUT2D eigenvalue weighted by atomic mass is 9.52. The van der Waals surface area contributed by atoms with E-state index in [2.05, 4.69) is 13.8 Å². The van der Waals surface area contributed by atoms with Crippen molar-refractivity contribution in [2.75, 3.05) is 6.61 Å². The molecule has 4 aliphatic carbocycles. The van der Waals surface area contributed by atoms with Crippen LogP contribution in [-0.2, 0) is 23.9 Å². The van der Waals surface area contributed by atoms with Crippen LogP contribution in [0.25, 0.3) is 0 Å². The average Bonchev–Trinajstić information content (AvgIpc) is 3.02. The lowest BCUT2D eigenvalue weighted by Crippen LogP contribution is -2.49. The molecule has 5 heteroatoms. The Labute approximate surface area is 192 Å². The smallest absolute Gasteiger partial charge is 0.344 e. The van der Waals surface area contributed by atoms with Gasteiger partial charge in [-0.15, -0.1) is 0 Å². The van der Waals surface area contributed by atoms with Crippen molar-refractivity contribution in [1.29, 1.82) is 0 Å². The maximum absolute atomic E-state index is 12.7. The Kier molecular flexibility index (Phi) is 6.32. The number of hydrogen-bond acceptors (Lipinski definition) is 5. The average molecular weight is 445 g/mol. The quantitative estimate of drug-likeness (QED) is 0.553. The molecule has 7 atom stereocenters. The van der Waals surface area contributed by atoms with Crippen molar-refractivity contribution in [3.8, 4) is 0 Å². The van der Waals surface area contributed by atoms with Crippen molar-refractivity contribution < 1.29 is 23.9 Å². The van der Waals surface area contributed by atoms with Crippen molar-refractivity contribution in [2.45, 2.75) is 92.1 Å². The van der Waals surface area contributed by atoms with Gasteiger partial charge in [0.05, 0.1) is 5.41 Å². The first-order valence-electron chi connectivity index (χ1n) is 12.6. The van der Waals surface area contributed by atoms with Crippen molar-refractivity contribution in [3.05, 3.63) is 11.6 Å². The summed E-state index contributed by atoms with van der Waals surface area (Å²) in [6.07, 6.45) is 10.1. The predicted molar refractivity (Wildman–Crippen MR) is 122 cm³/mol. The molecule has 5 nitrogen and oxygen atoms in total. The van der Waals surface area contributed by atoms with Crippen LogP contribution in [0, 0.1) is 40.4 Å². The fraction of sp³-hybridized carbons (Fsp3) is 0.815. The van der Waals surface area contributed by atoms with E-state index in [0.717, 1.165) is 44.9 Å². The fourth-order valence-electron chi connectivity index (χ4n) is 7.44. The highest BCUT2D eigenvalue weighted by Crippen LogP contribution is 2.64. The minimum atomic E-state index is -0.632. The highest BCUT2D eigenvalue weighted by molar-refractivity contribution is 5.91. The van der Waals surface area contributed by atoms with Crippen LogP contribution in [0.2, 0.25) is 0 Å². The Balaban J connectivity index is 1.47. The van der Waals surface area contributed by atoms with Crippen LogP contribution in [0.5, 0.6) is 0 Å². The Bertz CT molecular complexity index is 805. The van der Waals surface area contributed by atoms with Crippen LogP contribution in [0.15, 0.2) is 11.6 Å². The van der Waals surface area contributed by atoms with Gasteiger partial charge in [0.15, 0.2) is 12.4 Å². The standard InChI is InChI=1S/C27H40O5/c1-6-16-14-22-21-9-7-17-13-18(28)8-10-19(17)20(21)11-12-27(22,5)24(16)32-23(29)15-31-25(30)26(2,3)4/h13,16,19-22,24H,6-12,14-15H2,1-5H3/t16-,19-,20+,21+,22-,24-,27-/m0/s1. The molecule has 0 aliphatic heterocycles. The van der Waals surface area contributed by atoms with Crippen molar-refractivity contribution in [2.24, 2.45) is 40.4 Å². The van der Waals surface area contributed by atoms with Gasteiger partial charge in [0.1, 0.15) is 6.10 Å². The minimum Gasteiger partial charge on any atom is -0.459 e. The van der Waals surface area contributed by atoms with E-state index < -0.39 is 11.4 Å².